The molecule has 0 aliphatic heterocycles. The normalized spacial score (nSPS) is 21.3. The standard InChI is InChI=1S/C14H21N3O.2ClH/c1-17(10-11-4-3-7-16-9-11)14(18)12-5-2-6-13(15)8-12;;/h3-4,7,9,12-13H,2,5-6,8,10,15H2,1H3;2*1H. The van der Waals surface area contributed by atoms with Crippen molar-refractivity contribution in [2.24, 2.45) is 11.7 Å². The van der Waals surface area contributed by atoms with Crippen molar-refractivity contribution in [3.8, 4) is 0 Å². The molecule has 0 saturated heterocycles. The highest BCUT2D eigenvalue weighted by Crippen LogP contribution is 2.25. The van der Waals surface area contributed by atoms with Gasteiger partial charge in [0, 0.05) is 37.9 Å². The van der Waals surface area contributed by atoms with E-state index < -0.39 is 0 Å². The number of carbonyl (C=O) groups is 1. The van der Waals surface area contributed by atoms with E-state index in [9.17, 15) is 4.79 Å². The number of nitrogens with two attached hydrogens (primary N) is 1. The first-order chi connectivity index (χ1) is 8.66. The average Bonchev–Trinajstić information content (AvgIpc) is 2.39. The monoisotopic (exact) mass is 319 g/mol. The van der Waals surface area contributed by atoms with E-state index in [1.165, 1.54) is 0 Å². The van der Waals surface area contributed by atoms with Gasteiger partial charge in [0.2, 0.25) is 5.91 Å². The van der Waals surface area contributed by atoms with Crippen molar-refractivity contribution in [1.29, 1.82) is 0 Å². The van der Waals surface area contributed by atoms with Gasteiger partial charge in [0.05, 0.1) is 0 Å². The van der Waals surface area contributed by atoms with Crippen LogP contribution in [0.5, 0.6) is 0 Å². The molecule has 0 spiro atoms. The minimum Gasteiger partial charge on any atom is -0.341 e. The van der Waals surface area contributed by atoms with Crippen molar-refractivity contribution in [1.82, 2.24) is 9.88 Å². The summed E-state index contributed by atoms with van der Waals surface area (Å²) in [5.41, 5.74) is 7.00. The van der Waals surface area contributed by atoms with Crippen LogP contribution in [0, 0.1) is 5.92 Å². The number of carbonyl (C=O) groups excluding carboxylic acids is 1. The first kappa shape index (κ1) is 19.2. The van der Waals surface area contributed by atoms with Crippen molar-refractivity contribution in [3.63, 3.8) is 0 Å². The Bertz CT molecular complexity index is 403. The lowest BCUT2D eigenvalue weighted by Crippen LogP contribution is -2.38. The summed E-state index contributed by atoms with van der Waals surface area (Å²) in [6.45, 7) is 0.623. The molecule has 2 atom stereocenters. The predicted octanol–water partition coefficient (Wildman–Crippen LogP) is 2.40. The van der Waals surface area contributed by atoms with Gasteiger partial charge in [-0.15, -0.1) is 24.8 Å². The SMILES string of the molecule is CN(Cc1cccnc1)C(=O)C1CCCC(N)C1.Cl.Cl. The summed E-state index contributed by atoms with van der Waals surface area (Å²) in [5.74, 6) is 0.324. The Hall–Kier alpha value is -0.840. The highest BCUT2D eigenvalue weighted by molar-refractivity contribution is 5.85. The molecule has 2 unspecified atom stereocenters. The summed E-state index contributed by atoms with van der Waals surface area (Å²) in [5, 5.41) is 0. The molecule has 1 aromatic rings. The number of nitrogens with zero attached hydrogens (tertiary/aromatic N) is 2. The number of rotatable bonds is 3. The lowest BCUT2D eigenvalue weighted by Gasteiger charge is -2.29. The number of pyridine rings is 1. The van der Waals surface area contributed by atoms with Gasteiger partial charge in [-0.05, 0) is 30.9 Å². The van der Waals surface area contributed by atoms with E-state index in [1.54, 1.807) is 17.3 Å². The van der Waals surface area contributed by atoms with Gasteiger partial charge >= 0.3 is 0 Å². The van der Waals surface area contributed by atoms with Gasteiger partial charge in [-0.2, -0.15) is 0 Å². The zero-order valence-electron chi connectivity index (χ0n) is 11.7. The molecule has 1 aliphatic rings. The van der Waals surface area contributed by atoms with Crippen LogP contribution in [0.4, 0.5) is 0 Å². The molecule has 20 heavy (non-hydrogen) atoms. The molecular formula is C14H23Cl2N3O. The molecule has 0 bridgehead atoms. The second-order valence-electron chi connectivity index (χ2n) is 5.18. The van der Waals surface area contributed by atoms with Crippen molar-refractivity contribution in [2.45, 2.75) is 38.3 Å². The summed E-state index contributed by atoms with van der Waals surface area (Å²) in [7, 11) is 1.86. The molecule has 1 amide bonds. The van der Waals surface area contributed by atoms with Gasteiger partial charge in [0.15, 0.2) is 0 Å². The highest BCUT2D eigenvalue weighted by atomic mass is 35.5. The molecule has 1 heterocycles. The van der Waals surface area contributed by atoms with Gasteiger partial charge in [-0.1, -0.05) is 12.5 Å². The summed E-state index contributed by atoms with van der Waals surface area (Å²) >= 11 is 0. The van der Waals surface area contributed by atoms with Crippen LogP contribution in [0.2, 0.25) is 0 Å². The second-order valence-corrected chi connectivity index (χ2v) is 5.18. The number of halogens is 2. The van der Waals surface area contributed by atoms with Gasteiger partial charge in [-0.3, -0.25) is 9.78 Å². The van der Waals surface area contributed by atoms with E-state index in [2.05, 4.69) is 4.98 Å². The number of hydrogen-bond donors (Lipinski definition) is 1. The van der Waals surface area contributed by atoms with Crippen LogP contribution in [0.15, 0.2) is 24.5 Å². The molecule has 1 saturated carbocycles. The van der Waals surface area contributed by atoms with E-state index in [0.717, 1.165) is 31.2 Å². The third-order valence-corrected chi connectivity index (χ3v) is 3.58. The van der Waals surface area contributed by atoms with Crippen LogP contribution < -0.4 is 5.73 Å². The maximum atomic E-state index is 12.3. The van der Waals surface area contributed by atoms with Crippen LogP contribution in [-0.2, 0) is 11.3 Å². The summed E-state index contributed by atoms with van der Waals surface area (Å²) in [6.07, 6.45) is 7.47. The first-order valence-electron chi connectivity index (χ1n) is 6.56. The fraction of sp³-hybridized carbons (Fsp3) is 0.571. The molecule has 1 aromatic heterocycles. The van der Waals surface area contributed by atoms with E-state index in [0.29, 0.717) is 6.54 Å². The summed E-state index contributed by atoms with van der Waals surface area (Å²) in [6, 6.07) is 4.08. The third kappa shape index (κ3) is 5.27. The molecule has 2 rings (SSSR count). The predicted molar refractivity (Wildman–Crippen MR) is 85.1 cm³/mol. The Morgan fingerprint density at radius 3 is 2.80 bits per heavy atom. The van der Waals surface area contributed by atoms with Crippen LogP contribution in [0.1, 0.15) is 31.2 Å². The summed E-state index contributed by atoms with van der Waals surface area (Å²) < 4.78 is 0. The van der Waals surface area contributed by atoms with Crippen LogP contribution in [0.3, 0.4) is 0 Å². The van der Waals surface area contributed by atoms with E-state index >= 15 is 0 Å². The van der Waals surface area contributed by atoms with E-state index in [4.69, 9.17) is 5.73 Å². The van der Waals surface area contributed by atoms with Crippen molar-refractivity contribution in [2.75, 3.05) is 7.05 Å². The Balaban J connectivity index is 0.00000180. The molecule has 1 fully saturated rings. The molecule has 0 radical (unpaired) electrons. The molecule has 0 aromatic carbocycles. The number of amides is 1. The highest BCUT2D eigenvalue weighted by Gasteiger charge is 2.27. The molecule has 114 valence electrons. The Morgan fingerprint density at radius 1 is 1.45 bits per heavy atom. The fourth-order valence-electron chi connectivity index (χ4n) is 2.61. The Morgan fingerprint density at radius 2 is 2.20 bits per heavy atom. The Labute approximate surface area is 132 Å². The third-order valence-electron chi connectivity index (χ3n) is 3.58. The van der Waals surface area contributed by atoms with Crippen molar-refractivity contribution in [3.05, 3.63) is 30.1 Å². The van der Waals surface area contributed by atoms with Gasteiger partial charge < -0.3 is 10.6 Å². The van der Waals surface area contributed by atoms with Crippen LogP contribution in [-0.4, -0.2) is 28.9 Å². The lowest BCUT2D eigenvalue weighted by molar-refractivity contribution is -0.135. The van der Waals surface area contributed by atoms with Crippen molar-refractivity contribution < 1.29 is 4.79 Å². The average molecular weight is 320 g/mol. The van der Waals surface area contributed by atoms with Crippen LogP contribution in [0.25, 0.3) is 0 Å². The maximum absolute atomic E-state index is 12.3. The molecule has 4 nitrogen and oxygen atoms in total. The number of hydrogen-bond acceptors (Lipinski definition) is 3. The molecule has 2 N–H and O–H groups in total. The topological polar surface area (TPSA) is 59.2 Å². The Kier molecular flexibility index (Phi) is 8.78. The van der Waals surface area contributed by atoms with Crippen LogP contribution >= 0.6 is 24.8 Å². The zero-order chi connectivity index (χ0) is 13.0. The lowest BCUT2D eigenvalue weighted by atomic mass is 9.85. The summed E-state index contributed by atoms with van der Waals surface area (Å²) in [4.78, 5) is 18.2. The molecule has 1 aliphatic carbocycles. The molecular weight excluding hydrogens is 297 g/mol. The van der Waals surface area contributed by atoms with Gasteiger partial charge in [0.1, 0.15) is 0 Å². The quantitative estimate of drug-likeness (QED) is 0.930. The van der Waals surface area contributed by atoms with Gasteiger partial charge in [0.25, 0.3) is 0 Å². The number of aromatic nitrogens is 1. The van der Waals surface area contributed by atoms with Crippen molar-refractivity contribution >= 4 is 30.7 Å². The van der Waals surface area contributed by atoms with E-state index in [-0.39, 0.29) is 42.7 Å². The first-order valence-corrected chi connectivity index (χ1v) is 6.56. The second kappa shape index (κ2) is 9.16. The molecule has 6 heteroatoms. The smallest absolute Gasteiger partial charge is 0.225 e. The maximum Gasteiger partial charge on any atom is 0.225 e. The minimum atomic E-state index is 0. The minimum absolute atomic E-state index is 0. The van der Waals surface area contributed by atoms with Gasteiger partial charge in [-0.25, -0.2) is 0 Å². The zero-order valence-corrected chi connectivity index (χ0v) is 13.3. The fourth-order valence-corrected chi connectivity index (χ4v) is 2.61. The van der Waals surface area contributed by atoms with E-state index in [1.807, 2.05) is 19.2 Å². The largest absolute Gasteiger partial charge is 0.341 e.